The number of carbonyl (C=O) groups is 3. The molecule has 0 spiro atoms. The lowest BCUT2D eigenvalue weighted by Gasteiger charge is -2.30. The van der Waals surface area contributed by atoms with Crippen LogP contribution in [-0.4, -0.2) is 58.0 Å². The highest BCUT2D eigenvalue weighted by molar-refractivity contribution is 6.28. The molecule has 0 aromatic carbocycles. The third-order valence-corrected chi connectivity index (χ3v) is 14.8. The van der Waals surface area contributed by atoms with Crippen LogP contribution in [0.4, 0.5) is 0 Å². The molecule has 8 bridgehead atoms. The van der Waals surface area contributed by atoms with Crippen molar-refractivity contribution in [2.75, 3.05) is 7.11 Å². The van der Waals surface area contributed by atoms with Gasteiger partial charge in [0.1, 0.15) is 0 Å². The molecule has 2 fully saturated rings. The molecule has 6 rings (SSSR count). The van der Waals surface area contributed by atoms with Crippen LogP contribution in [0.15, 0.2) is 62.7 Å². The molecule has 5 aliphatic rings. The Labute approximate surface area is 376 Å². The number of aliphatic imine (C=N–C) groups is 2. The minimum atomic E-state index is -2.59. The molecule has 4 aliphatic heterocycles. The Morgan fingerprint density at radius 1 is 0.937 bits per heavy atom. The average Bonchev–Trinajstić information content (AvgIpc) is 3.96. The molecule has 1 saturated heterocycles. The van der Waals surface area contributed by atoms with E-state index in [9.17, 15) is 19.5 Å². The number of ketones is 1. The molecule has 342 valence electrons. The molecule has 1 aliphatic carbocycles. The first-order valence-electron chi connectivity index (χ1n) is 23.8. The van der Waals surface area contributed by atoms with Gasteiger partial charge < -0.3 is 24.9 Å². The molecule has 5 heterocycles. The summed E-state index contributed by atoms with van der Waals surface area (Å²) < 4.78 is 11.0. The summed E-state index contributed by atoms with van der Waals surface area (Å²) in [5, 5.41) is 16.1. The maximum Gasteiger partial charge on any atom is 0.346 e. The number of esters is 2. The number of aromatic amines is 1. The largest absolute Gasteiger partial charge is 0.467 e. The number of hydrogen-bond donors (Lipinski definition) is 3. The smallest absolute Gasteiger partial charge is 0.346 e. The van der Waals surface area contributed by atoms with Gasteiger partial charge in [-0.05, 0) is 92.7 Å². The zero-order chi connectivity index (χ0) is 45.9. The van der Waals surface area contributed by atoms with Crippen LogP contribution < -0.4 is 5.32 Å². The lowest BCUT2D eigenvalue weighted by atomic mass is 9.76. The van der Waals surface area contributed by atoms with Crippen molar-refractivity contribution in [3.8, 4) is 0 Å². The summed E-state index contributed by atoms with van der Waals surface area (Å²) in [7, 11) is 1.16. The Morgan fingerprint density at radius 2 is 1.60 bits per heavy atom. The minimum absolute atomic E-state index is 0.0830. The Morgan fingerprint density at radius 3 is 2.24 bits per heavy atom. The summed E-state index contributed by atoms with van der Waals surface area (Å²) >= 11 is 0. The number of fused-ring (bicyclic) bond motifs is 6. The second-order valence-corrected chi connectivity index (χ2v) is 19.9. The van der Waals surface area contributed by atoms with Crippen molar-refractivity contribution < 1.29 is 29.0 Å². The average molecular weight is 863 g/mol. The van der Waals surface area contributed by atoms with E-state index < -0.39 is 41.2 Å². The molecule has 6 unspecified atom stereocenters. The van der Waals surface area contributed by atoms with Gasteiger partial charge in [-0.15, -0.1) is 0 Å². The Kier molecular flexibility index (Phi) is 15.3. The lowest BCUT2D eigenvalue weighted by molar-refractivity contribution is -0.167. The van der Waals surface area contributed by atoms with E-state index in [1.807, 2.05) is 45.9 Å². The number of aliphatic hydroxyl groups is 1. The molecule has 0 radical (unpaired) electrons. The van der Waals surface area contributed by atoms with E-state index in [2.05, 4.69) is 64.5 Å². The molecule has 0 amide bonds. The van der Waals surface area contributed by atoms with E-state index in [-0.39, 0.29) is 29.7 Å². The second kappa shape index (κ2) is 20.1. The normalized spacial score (nSPS) is 29.9. The molecule has 63 heavy (non-hydrogen) atoms. The summed E-state index contributed by atoms with van der Waals surface area (Å²) in [5.74, 6) is -1.89. The maximum atomic E-state index is 14.5. The molecule has 1 saturated carbocycles. The second-order valence-electron chi connectivity index (χ2n) is 19.9. The van der Waals surface area contributed by atoms with Crippen LogP contribution in [0.1, 0.15) is 155 Å². The topological polar surface area (TPSA) is 142 Å². The number of aromatic nitrogens is 1. The number of rotatable bonds is 18. The quantitative estimate of drug-likeness (QED) is 0.0757. The van der Waals surface area contributed by atoms with Gasteiger partial charge in [0, 0.05) is 69.0 Å². The number of methoxy groups -OCH3 is 1. The summed E-state index contributed by atoms with van der Waals surface area (Å²) in [4.78, 5) is 56.0. The SMILES string of the molecule is C=Cc1c2[nH]c(c1C)/C=C1\N=C(C3C4N=C(/C=C5\N/C(=C\2)C(C)C5CC)C(C)=C4C(=O)[C@]3(O)C(=O)OC)[C@@H](CC(=O)O/C=C(\C)CCCC(C)CCCC(C)CCCC(C)C)[C@@H]1C. The number of Topliss-reactive ketones (excluding diaryl/α,β-unsaturated/α-hetero) is 1. The molecular formula is C53H74N4O6. The van der Waals surface area contributed by atoms with Gasteiger partial charge in [0.2, 0.25) is 11.4 Å². The molecule has 10 heteroatoms. The Hall–Kier alpha value is -4.57. The summed E-state index contributed by atoms with van der Waals surface area (Å²) in [6.45, 7) is 25.7. The highest BCUT2D eigenvalue weighted by Gasteiger charge is 2.67. The molecule has 3 N–H and O–H groups in total. The van der Waals surface area contributed by atoms with Crippen LogP contribution in [0.3, 0.4) is 0 Å². The van der Waals surface area contributed by atoms with E-state index in [1.165, 1.54) is 38.5 Å². The fraction of sp³-hybridized carbons (Fsp3) is 0.604. The van der Waals surface area contributed by atoms with Gasteiger partial charge in [-0.1, -0.05) is 106 Å². The van der Waals surface area contributed by atoms with Crippen molar-refractivity contribution in [1.82, 2.24) is 10.3 Å². The summed E-state index contributed by atoms with van der Waals surface area (Å²) in [6, 6.07) is -0.909. The van der Waals surface area contributed by atoms with E-state index in [0.29, 0.717) is 28.6 Å². The highest BCUT2D eigenvalue weighted by atomic mass is 16.5. The number of allylic oxidation sites excluding steroid dienone is 6. The van der Waals surface area contributed by atoms with Crippen LogP contribution >= 0.6 is 0 Å². The number of carbonyl (C=O) groups excluding carboxylic acids is 3. The van der Waals surface area contributed by atoms with Crippen LogP contribution in [0.5, 0.6) is 0 Å². The van der Waals surface area contributed by atoms with Gasteiger partial charge in [0.05, 0.1) is 37.5 Å². The van der Waals surface area contributed by atoms with Crippen molar-refractivity contribution in [1.29, 1.82) is 0 Å². The third-order valence-electron chi connectivity index (χ3n) is 14.8. The highest BCUT2D eigenvalue weighted by Crippen LogP contribution is 2.50. The minimum Gasteiger partial charge on any atom is -0.467 e. The zero-order valence-electron chi connectivity index (χ0n) is 40.0. The third kappa shape index (κ3) is 9.76. The zero-order valence-corrected chi connectivity index (χ0v) is 40.0. The van der Waals surface area contributed by atoms with E-state index >= 15 is 0 Å². The maximum absolute atomic E-state index is 14.5. The molecule has 1 aromatic rings. The van der Waals surface area contributed by atoms with Gasteiger partial charge in [0.15, 0.2) is 0 Å². The molecule has 1 aromatic heterocycles. The first-order chi connectivity index (χ1) is 29.9. The standard InChI is InChI=1S/C53H74N4O6/c1-13-37-33(8)40-25-42-35(10)39(24-46(58)63-28-32(7)23-17-22-31(6)21-16-20-30(5)19-15-18-29(3)4)49(56-42)48-50-47(51(59)53(48,61)52(60)62-12)36(11)43(57-50)27-45-38(14-2)34(9)41(55-45)26-44(37)54-40/h13,25-31,34-35,38-39,48,50,54-55,61H,1,14-24H2,2-12H3/b32-28+,41-26-,42-25-,45-27-/t30?,31?,34?,35-,38?,39-,48?,50?,53-/m0/s1. The monoisotopic (exact) mass is 863 g/mol. The van der Waals surface area contributed by atoms with E-state index in [1.54, 1.807) is 6.26 Å². The molecule has 10 nitrogen and oxygen atoms in total. The van der Waals surface area contributed by atoms with Gasteiger partial charge in [0.25, 0.3) is 0 Å². The number of ether oxygens (including phenoxy) is 2. The summed E-state index contributed by atoms with van der Waals surface area (Å²) in [6.07, 6.45) is 21.1. The van der Waals surface area contributed by atoms with Crippen molar-refractivity contribution in [3.05, 3.63) is 75.2 Å². The molecule has 9 atom stereocenters. The number of H-pyrrole nitrogens is 1. The first kappa shape index (κ1) is 47.9. The first-order valence-corrected chi connectivity index (χ1v) is 23.8. The van der Waals surface area contributed by atoms with Gasteiger partial charge in [-0.2, -0.15) is 0 Å². The van der Waals surface area contributed by atoms with Crippen molar-refractivity contribution in [2.45, 2.75) is 152 Å². The fourth-order valence-corrected chi connectivity index (χ4v) is 10.8. The lowest BCUT2D eigenvalue weighted by Crippen LogP contribution is -2.54. The van der Waals surface area contributed by atoms with Gasteiger partial charge in [-0.25, -0.2) is 4.79 Å². The number of nitrogens with zero attached hydrogens (tertiary/aromatic N) is 2. The number of nitrogens with one attached hydrogen (secondary N) is 2. The molecular weight excluding hydrogens is 789 g/mol. The van der Waals surface area contributed by atoms with Crippen LogP contribution in [-0.2, 0) is 23.9 Å². The van der Waals surface area contributed by atoms with Gasteiger partial charge in [-0.3, -0.25) is 19.6 Å². The van der Waals surface area contributed by atoms with Crippen LogP contribution in [0, 0.1) is 54.3 Å². The van der Waals surface area contributed by atoms with E-state index in [4.69, 9.17) is 19.5 Å². The van der Waals surface area contributed by atoms with Crippen molar-refractivity contribution in [2.24, 2.45) is 57.3 Å². The Bertz CT molecular complexity index is 2180. The van der Waals surface area contributed by atoms with E-state index in [0.717, 1.165) is 84.1 Å². The predicted octanol–water partition coefficient (Wildman–Crippen LogP) is 11.0. The van der Waals surface area contributed by atoms with Crippen LogP contribution in [0.2, 0.25) is 0 Å². The number of hydrogen-bond acceptors (Lipinski definition) is 9. The predicted molar refractivity (Wildman–Crippen MR) is 254 cm³/mol. The van der Waals surface area contributed by atoms with Crippen molar-refractivity contribution >= 4 is 47.4 Å². The Balaban J connectivity index is 1.27. The van der Waals surface area contributed by atoms with Crippen LogP contribution in [0.25, 0.3) is 18.2 Å². The van der Waals surface area contributed by atoms with Gasteiger partial charge >= 0.3 is 11.9 Å². The summed E-state index contributed by atoms with van der Waals surface area (Å²) in [5.41, 5.74) is 6.62. The fourth-order valence-electron chi connectivity index (χ4n) is 10.8. The van der Waals surface area contributed by atoms with Crippen molar-refractivity contribution in [3.63, 3.8) is 0 Å².